The molecule has 2 N–H and O–H groups in total. The van der Waals surface area contributed by atoms with E-state index in [1.807, 2.05) is 30.5 Å². The van der Waals surface area contributed by atoms with Crippen LogP contribution >= 0.6 is 0 Å². The Morgan fingerprint density at radius 3 is 2.90 bits per heavy atom. The summed E-state index contributed by atoms with van der Waals surface area (Å²) in [4.78, 5) is 19.7. The van der Waals surface area contributed by atoms with Crippen LogP contribution in [0, 0.1) is 0 Å². The predicted molar refractivity (Wildman–Crippen MR) is 81.0 cm³/mol. The fraction of sp³-hybridized carbons (Fsp3) is 0.176. The van der Waals surface area contributed by atoms with Crippen LogP contribution in [-0.2, 0) is 4.79 Å². The Morgan fingerprint density at radius 1 is 1.14 bits per heavy atom. The number of nitrogens with one attached hydrogen (secondary N) is 2. The van der Waals surface area contributed by atoms with Crippen LogP contribution in [0.25, 0.3) is 10.9 Å². The number of hydrogen-bond acceptors (Lipinski definition) is 2. The molecule has 0 bridgehead atoms. The molecule has 1 aliphatic rings. The van der Waals surface area contributed by atoms with Gasteiger partial charge < -0.3 is 10.3 Å². The van der Waals surface area contributed by atoms with Crippen molar-refractivity contribution in [1.29, 1.82) is 0 Å². The summed E-state index contributed by atoms with van der Waals surface area (Å²) in [6, 6.07) is 12.1. The highest BCUT2D eigenvalue weighted by atomic mass is 16.2. The zero-order chi connectivity index (χ0) is 14.2. The number of pyridine rings is 1. The fourth-order valence-electron chi connectivity index (χ4n) is 3.25. The van der Waals surface area contributed by atoms with Crippen molar-refractivity contribution in [3.63, 3.8) is 0 Å². The molecule has 0 radical (unpaired) electrons. The van der Waals surface area contributed by atoms with Crippen molar-refractivity contribution in [2.45, 2.75) is 11.8 Å². The maximum absolute atomic E-state index is 12.3. The quantitative estimate of drug-likeness (QED) is 0.756. The van der Waals surface area contributed by atoms with E-state index in [9.17, 15) is 4.79 Å². The van der Waals surface area contributed by atoms with Crippen LogP contribution in [0.15, 0.2) is 55.0 Å². The van der Waals surface area contributed by atoms with Gasteiger partial charge in [-0.1, -0.05) is 24.3 Å². The van der Waals surface area contributed by atoms with Crippen LogP contribution in [0.5, 0.6) is 0 Å². The van der Waals surface area contributed by atoms with Gasteiger partial charge in [0.15, 0.2) is 0 Å². The molecule has 21 heavy (non-hydrogen) atoms. The molecule has 1 aromatic carbocycles. The number of benzene rings is 1. The number of carbonyl (C=O) groups excluding carboxylic acids is 1. The van der Waals surface area contributed by atoms with Gasteiger partial charge in [-0.2, -0.15) is 0 Å². The monoisotopic (exact) mass is 277 g/mol. The van der Waals surface area contributed by atoms with Gasteiger partial charge in [-0.05, 0) is 23.3 Å². The molecule has 3 heterocycles. The second-order valence-electron chi connectivity index (χ2n) is 5.41. The molecule has 2 atom stereocenters. The summed E-state index contributed by atoms with van der Waals surface area (Å²) in [5.74, 6) is 0.0500. The summed E-state index contributed by atoms with van der Waals surface area (Å²) in [6.07, 6.45) is 5.55. The lowest BCUT2D eigenvalue weighted by atomic mass is 9.84. The first kappa shape index (κ1) is 12.1. The minimum Gasteiger partial charge on any atom is -0.361 e. The third kappa shape index (κ3) is 1.91. The number of rotatable bonds is 2. The topological polar surface area (TPSA) is 57.8 Å². The Labute approximate surface area is 122 Å². The Kier molecular flexibility index (Phi) is 2.74. The van der Waals surface area contributed by atoms with E-state index in [2.05, 4.69) is 27.4 Å². The summed E-state index contributed by atoms with van der Waals surface area (Å²) >= 11 is 0. The van der Waals surface area contributed by atoms with Crippen LogP contribution in [-0.4, -0.2) is 22.4 Å². The molecular formula is C17H15N3O. The molecule has 104 valence electrons. The first-order valence-electron chi connectivity index (χ1n) is 7.08. The molecule has 0 saturated carbocycles. The zero-order valence-corrected chi connectivity index (χ0v) is 11.4. The maximum atomic E-state index is 12.3. The highest BCUT2D eigenvalue weighted by Crippen LogP contribution is 2.39. The molecule has 1 saturated heterocycles. The number of aromatic nitrogens is 2. The Morgan fingerprint density at radius 2 is 2.05 bits per heavy atom. The largest absolute Gasteiger partial charge is 0.361 e. The predicted octanol–water partition coefficient (Wildman–Crippen LogP) is 2.56. The molecular weight excluding hydrogens is 262 g/mol. The lowest BCUT2D eigenvalue weighted by Gasteiger charge is -2.16. The molecule has 3 aromatic rings. The number of H-pyrrole nitrogens is 1. The fourth-order valence-corrected chi connectivity index (χ4v) is 3.25. The lowest BCUT2D eigenvalue weighted by Crippen LogP contribution is -2.18. The highest BCUT2D eigenvalue weighted by molar-refractivity contribution is 5.90. The molecule has 4 rings (SSSR count). The molecule has 1 fully saturated rings. The van der Waals surface area contributed by atoms with Crippen molar-refractivity contribution in [3.8, 4) is 0 Å². The number of fused-ring (bicyclic) bond motifs is 1. The van der Waals surface area contributed by atoms with Gasteiger partial charge in [-0.3, -0.25) is 9.78 Å². The van der Waals surface area contributed by atoms with E-state index >= 15 is 0 Å². The average molecular weight is 277 g/mol. The molecule has 2 unspecified atom stereocenters. The van der Waals surface area contributed by atoms with Gasteiger partial charge in [0.1, 0.15) is 0 Å². The molecule has 0 spiro atoms. The van der Waals surface area contributed by atoms with Crippen molar-refractivity contribution < 1.29 is 4.79 Å². The van der Waals surface area contributed by atoms with Gasteiger partial charge in [0, 0.05) is 42.0 Å². The van der Waals surface area contributed by atoms with Crippen molar-refractivity contribution >= 4 is 16.8 Å². The molecule has 0 aliphatic carbocycles. The second-order valence-corrected chi connectivity index (χ2v) is 5.41. The van der Waals surface area contributed by atoms with Crippen LogP contribution in [0.2, 0.25) is 0 Å². The van der Waals surface area contributed by atoms with E-state index in [-0.39, 0.29) is 17.7 Å². The molecule has 1 aliphatic heterocycles. The molecule has 1 amide bonds. The summed E-state index contributed by atoms with van der Waals surface area (Å²) in [5, 5.41) is 4.18. The van der Waals surface area contributed by atoms with Crippen LogP contribution in [0.4, 0.5) is 0 Å². The summed E-state index contributed by atoms with van der Waals surface area (Å²) in [7, 11) is 0. The van der Waals surface area contributed by atoms with Gasteiger partial charge >= 0.3 is 0 Å². The molecule has 4 heteroatoms. The minimum absolute atomic E-state index is 0.0817. The van der Waals surface area contributed by atoms with Gasteiger partial charge in [0.05, 0.1) is 5.92 Å². The first-order chi connectivity index (χ1) is 10.3. The number of amides is 1. The SMILES string of the molecule is O=C1NCC(c2c[nH]c3ccccc23)C1c1cccnc1. The Balaban J connectivity index is 1.82. The van der Waals surface area contributed by atoms with E-state index in [1.54, 1.807) is 12.4 Å². The number of carbonyl (C=O) groups is 1. The van der Waals surface area contributed by atoms with E-state index in [0.717, 1.165) is 11.1 Å². The standard InChI is InChI=1S/C17H15N3O/c21-17-16(11-4-3-7-18-8-11)14(10-20-17)13-9-19-15-6-2-1-5-12(13)15/h1-9,14,16,19H,10H2,(H,20,21). The maximum Gasteiger partial charge on any atom is 0.228 e. The minimum atomic E-state index is -0.169. The van der Waals surface area contributed by atoms with Gasteiger partial charge in [-0.15, -0.1) is 0 Å². The molecule has 2 aromatic heterocycles. The number of nitrogens with zero attached hydrogens (tertiary/aromatic N) is 1. The number of hydrogen-bond donors (Lipinski definition) is 2. The highest BCUT2D eigenvalue weighted by Gasteiger charge is 2.37. The van der Waals surface area contributed by atoms with Crippen LogP contribution < -0.4 is 5.32 Å². The van der Waals surface area contributed by atoms with Crippen LogP contribution in [0.3, 0.4) is 0 Å². The van der Waals surface area contributed by atoms with E-state index < -0.39 is 0 Å². The summed E-state index contributed by atoms with van der Waals surface area (Å²) < 4.78 is 0. The third-order valence-electron chi connectivity index (χ3n) is 4.25. The van der Waals surface area contributed by atoms with Crippen molar-refractivity contribution in [3.05, 3.63) is 66.1 Å². The molecule has 4 nitrogen and oxygen atoms in total. The van der Waals surface area contributed by atoms with Crippen LogP contribution in [0.1, 0.15) is 23.0 Å². The number of aromatic amines is 1. The zero-order valence-electron chi connectivity index (χ0n) is 11.4. The lowest BCUT2D eigenvalue weighted by molar-refractivity contribution is -0.120. The Bertz CT molecular complexity index is 794. The summed E-state index contributed by atoms with van der Waals surface area (Å²) in [6.45, 7) is 0.667. The van der Waals surface area contributed by atoms with Crippen molar-refractivity contribution in [1.82, 2.24) is 15.3 Å². The first-order valence-corrected chi connectivity index (χ1v) is 7.08. The van der Waals surface area contributed by atoms with Gasteiger partial charge in [0.25, 0.3) is 0 Å². The average Bonchev–Trinajstić information content (AvgIpc) is 3.11. The van der Waals surface area contributed by atoms with E-state index in [4.69, 9.17) is 0 Å². The van der Waals surface area contributed by atoms with Gasteiger partial charge in [0.2, 0.25) is 5.91 Å². The van der Waals surface area contributed by atoms with Crippen molar-refractivity contribution in [2.24, 2.45) is 0 Å². The third-order valence-corrected chi connectivity index (χ3v) is 4.25. The Hall–Kier alpha value is -2.62. The van der Waals surface area contributed by atoms with E-state index in [0.29, 0.717) is 6.54 Å². The van der Waals surface area contributed by atoms with Crippen molar-refractivity contribution in [2.75, 3.05) is 6.54 Å². The van der Waals surface area contributed by atoms with Gasteiger partial charge in [-0.25, -0.2) is 0 Å². The van der Waals surface area contributed by atoms with E-state index in [1.165, 1.54) is 10.9 Å². The normalized spacial score (nSPS) is 21.6. The number of para-hydroxylation sites is 1. The second kappa shape index (κ2) is 4.74. The smallest absolute Gasteiger partial charge is 0.228 e. The summed E-state index contributed by atoms with van der Waals surface area (Å²) in [5.41, 5.74) is 3.28.